The summed E-state index contributed by atoms with van der Waals surface area (Å²) in [5.41, 5.74) is 2.43. The van der Waals surface area contributed by atoms with Crippen LogP contribution in [0.15, 0.2) is 18.2 Å². The van der Waals surface area contributed by atoms with Crippen LogP contribution in [0.25, 0.3) is 0 Å². The molecular formula is C14H20ClNO. The maximum Gasteiger partial charge on any atom is 0.0696 e. The Morgan fingerprint density at radius 2 is 1.94 bits per heavy atom. The second-order valence-electron chi connectivity index (χ2n) is 5.59. The summed E-state index contributed by atoms with van der Waals surface area (Å²) in [7, 11) is 0. The Balaban J connectivity index is 2.11. The number of nitrogens with zero attached hydrogens (tertiary/aromatic N) is 1. The molecule has 1 aromatic carbocycles. The monoisotopic (exact) mass is 253 g/mol. The highest BCUT2D eigenvalue weighted by Crippen LogP contribution is 2.33. The van der Waals surface area contributed by atoms with E-state index in [1.165, 1.54) is 18.5 Å². The van der Waals surface area contributed by atoms with Gasteiger partial charge >= 0.3 is 0 Å². The van der Waals surface area contributed by atoms with Crippen LogP contribution in [0.4, 0.5) is 5.69 Å². The zero-order chi connectivity index (χ0) is 12.5. The fourth-order valence-corrected chi connectivity index (χ4v) is 2.47. The van der Waals surface area contributed by atoms with E-state index in [2.05, 4.69) is 24.8 Å². The fourth-order valence-electron chi connectivity index (χ4n) is 2.23. The number of aliphatic hydroxyl groups excluding tert-OH is 1. The van der Waals surface area contributed by atoms with E-state index in [9.17, 15) is 0 Å². The summed E-state index contributed by atoms with van der Waals surface area (Å²) in [6.07, 6.45) is 2.43. The third-order valence-electron chi connectivity index (χ3n) is 3.69. The largest absolute Gasteiger partial charge is 0.392 e. The van der Waals surface area contributed by atoms with Gasteiger partial charge in [0.1, 0.15) is 0 Å². The van der Waals surface area contributed by atoms with Gasteiger partial charge in [0.15, 0.2) is 0 Å². The molecule has 0 atom stereocenters. The molecule has 3 heteroatoms. The molecule has 0 bridgehead atoms. The summed E-state index contributed by atoms with van der Waals surface area (Å²) in [5.74, 6) is 0. The maximum absolute atomic E-state index is 9.09. The van der Waals surface area contributed by atoms with Crippen molar-refractivity contribution in [1.29, 1.82) is 0 Å². The average molecular weight is 254 g/mol. The molecule has 1 N–H and O–H groups in total. The van der Waals surface area contributed by atoms with E-state index in [-0.39, 0.29) is 6.61 Å². The van der Waals surface area contributed by atoms with Gasteiger partial charge in [-0.05, 0) is 36.0 Å². The van der Waals surface area contributed by atoms with Gasteiger partial charge in [0.25, 0.3) is 0 Å². The number of halogens is 1. The van der Waals surface area contributed by atoms with Gasteiger partial charge in [-0.1, -0.05) is 31.5 Å². The van der Waals surface area contributed by atoms with Gasteiger partial charge in [0, 0.05) is 23.8 Å². The lowest BCUT2D eigenvalue weighted by Crippen LogP contribution is -2.37. The van der Waals surface area contributed by atoms with Gasteiger partial charge in [0.05, 0.1) is 6.61 Å². The molecule has 0 saturated carbocycles. The smallest absolute Gasteiger partial charge is 0.0696 e. The molecule has 2 nitrogen and oxygen atoms in total. The lowest BCUT2D eigenvalue weighted by Gasteiger charge is -2.38. The molecule has 0 aliphatic carbocycles. The second kappa shape index (κ2) is 4.87. The zero-order valence-electron chi connectivity index (χ0n) is 10.5. The molecule has 17 heavy (non-hydrogen) atoms. The lowest BCUT2D eigenvalue weighted by atomic mass is 9.82. The first kappa shape index (κ1) is 12.7. The Hall–Kier alpha value is -0.730. The van der Waals surface area contributed by atoms with Crippen LogP contribution >= 0.6 is 11.6 Å². The van der Waals surface area contributed by atoms with E-state index in [1.807, 2.05) is 12.1 Å². The molecule has 0 amide bonds. The van der Waals surface area contributed by atoms with Crippen LogP contribution < -0.4 is 4.90 Å². The van der Waals surface area contributed by atoms with Crippen LogP contribution in [0, 0.1) is 5.41 Å². The molecule has 0 radical (unpaired) electrons. The van der Waals surface area contributed by atoms with Crippen molar-refractivity contribution in [2.24, 2.45) is 5.41 Å². The molecule has 1 aliphatic rings. The minimum absolute atomic E-state index is 0.00610. The minimum atomic E-state index is 0.00610. The molecule has 0 unspecified atom stereocenters. The van der Waals surface area contributed by atoms with Crippen molar-refractivity contribution < 1.29 is 5.11 Å². The summed E-state index contributed by atoms with van der Waals surface area (Å²) in [4.78, 5) is 2.37. The molecule has 0 aromatic heterocycles. The Bertz CT molecular complexity index is 393. The molecule has 2 rings (SSSR count). The number of hydrogen-bond acceptors (Lipinski definition) is 2. The zero-order valence-corrected chi connectivity index (χ0v) is 11.3. The van der Waals surface area contributed by atoms with Crippen LogP contribution in [-0.4, -0.2) is 18.2 Å². The van der Waals surface area contributed by atoms with E-state index in [0.29, 0.717) is 10.4 Å². The Morgan fingerprint density at radius 1 is 1.29 bits per heavy atom. The van der Waals surface area contributed by atoms with Crippen molar-refractivity contribution in [3.05, 3.63) is 28.8 Å². The van der Waals surface area contributed by atoms with Crippen LogP contribution in [0.5, 0.6) is 0 Å². The van der Waals surface area contributed by atoms with Crippen LogP contribution in [0.3, 0.4) is 0 Å². The highest BCUT2D eigenvalue weighted by molar-refractivity contribution is 6.31. The Labute approximate surface area is 108 Å². The molecule has 1 fully saturated rings. The summed E-state index contributed by atoms with van der Waals surface area (Å²) in [6.45, 7) is 6.83. The van der Waals surface area contributed by atoms with Crippen molar-refractivity contribution in [2.45, 2.75) is 33.3 Å². The summed E-state index contributed by atoms with van der Waals surface area (Å²) >= 11 is 6.12. The quantitative estimate of drug-likeness (QED) is 0.873. The highest BCUT2D eigenvalue weighted by Gasteiger charge is 2.25. The predicted octanol–water partition coefficient (Wildman–Crippen LogP) is 3.46. The van der Waals surface area contributed by atoms with Crippen LogP contribution in [-0.2, 0) is 6.61 Å². The Morgan fingerprint density at radius 3 is 2.47 bits per heavy atom. The minimum Gasteiger partial charge on any atom is -0.392 e. The van der Waals surface area contributed by atoms with Crippen molar-refractivity contribution in [2.75, 3.05) is 18.0 Å². The molecular weight excluding hydrogens is 234 g/mol. The van der Waals surface area contributed by atoms with Crippen LogP contribution in [0.1, 0.15) is 32.3 Å². The molecule has 0 spiro atoms. The number of piperidine rings is 1. The summed E-state index contributed by atoms with van der Waals surface area (Å²) in [5, 5.41) is 9.75. The normalized spacial score (nSPS) is 19.4. The van der Waals surface area contributed by atoms with E-state index < -0.39 is 0 Å². The third kappa shape index (κ3) is 2.93. The summed E-state index contributed by atoms with van der Waals surface area (Å²) in [6, 6.07) is 5.93. The van der Waals surface area contributed by atoms with Gasteiger partial charge in [-0.25, -0.2) is 0 Å². The van der Waals surface area contributed by atoms with Crippen molar-refractivity contribution >= 4 is 17.3 Å². The second-order valence-corrected chi connectivity index (χ2v) is 5.99. The van der Waals surface area contributed by atoms with E-state index in [0.717, 1.165) is 18.7 Å². The maximum atomic E-state index is 9.09. The van der Waals surface area contributed by atoms with E-state index in [4.69, 9.17) is 16.7 Å². The predicted molar refractivity (Wildman–Crippen MR) is 72.6 cm³/mol. The highest BCUT2D eigenvalue weighted by atomic mass is 35.5. The van der Waals surface area contributed by atoms with E-state index in [1.54, 1.807) is 0 Å². The first-order valence-corrected chi connectivity index (χ1v) is 6.54. The molecule has 94 valence electrons. The Kier molecular flexibility index (Phi) is 3.64. The standard InChI is InChI=1S/C14H20ClNO/c1-14(2)5-7-16(8-6-14)12-4-3-11(10-17)13(15)9-12/h3-4,9,17H,5-8,10H2,1-2H3. The van der Waals surface area contributed by atoms with Crippen LogP contribution in [0.2, 0.25) is 5.02 Å². The molecule has 1 aliphatic heterocycles. The van der Waals surface area contributed by atoms with Gasteiger partial charge in [-0.2, -0.15) is 0 Å². The SMILES string of the molecule is CC1(C)CCN(c2ccc(CO)c(Cl)c2)CC1. The fraction of sp³-hybridized carbons (Fsp3) is 0.571. The van der Waals surface area contributed by atoms with Gasteiger partial charge in [-0.15, -0.1) is 0 Å². The first-order chi connectivity index (χ1) is 8.02. The number of aliphatic hydroxyl groups is 1. The number of anilines is 1. The average Bonchev–Trinajstić information content (AvgIpc) is 2.29. The van der Waals surface area contributed by atoms with Crippen molar-refractivity contribution in [3.8, 4) is 0 Å². The summed E-state index contributed by atoms with van der Waals surface area (Å²) < 4.78 is 0. The van der Waals surface area contributed by atoms with E-state index >= 15 is 0 Å². The number of hydrogen-bond donors (Lipinski definition) is 1. The van der Waals surface area contributed by atoms with Gasteiger partial charge < -0.3 is 10.0 Å². The number of benzene rings is 1. The van der Waals surface area contributed by atoms with Crippen molar-refractivity contribution in [1.82, 2.24) is 0 Å². The molecule has 1 heterocycles. The van der Waals surface area contributed by atoms with Gasteiger partial charge in [0.2, 0.25) is 0 Å². The first-order valence-electron chi connectivity index (χ1n) is 6.16. The van der Waals surface area contributed by atoms with Crippen molar-refractivity contribution in [3.63, 3.8) is 0 Å². The molecule has 1 saturated heterocycles. The lowest BCUT2D eigenvalue weighted by molar-refractivity contribution is 0.279. The topological polar surface area (TPSA) is 23.5 Å². The third-order valence-corrected chi connectivity index (χ3v) is 4.04. The number of rotatable bonds is 2. The molecule has 1 aromatic rings. The van der Waals surface area contributed by atoms with Gasteiger partial charge in [-0.3, -0.25) is 0 Å².